The van der Waals surface area contributed by atoms with Crippen LogP contribution >= 0.6 is 11.3 Å². The zero-order valence-electron chi connectivity index (χ0n) is 20.4. The topological polar surface area (TPSA) is 116 Å². The highest BCUT2D eigenvalue weighted by Crippen LogP contribution is 2.34. The second kappa shape index (κ2) is 10.0. The molecule has 1 fully saturated rings. The number of sulfonamides is 1. The highest BCUT2D eigenvalue weighted by atomic mass is 32.2. The van der Waals surface area contributed by atoms with Gasteiger partial charge in [0.25, 0.3) is 0 Å². The van der Waals surface area contributed by atoms with Gasteiger partial charge in [-0.15, -0.1) is 13.2 Å². The Morgan fingerprint density at radius 3 is 2.47 bits per heavy atom. The summed E-state index contributed by atoms with van der Waals surface area (Å²) in [7, 11) is -0.0431. The predicted octanol–water partition coefficient (Wildman–Crippen LogP) is 3.99. The molecule has 4 aromatic rings. The second-order valence-electron chi connectivity index (χ2n) is 8.95. The first-order chi connectivity index (χ1) is 18.0. The molecule has 0 bridgehead atoms. The van der Waals surface area contributed by atoms with Crippen LogP contribution in [-0.2, 0) is 10.0 Å². The van der Waals surface area contributed by atoms with E-state index >= 15 is 0 Å². The minimum atomic E-state index is -4.85. The van der Waals surface area contributed by atoms with E-state index in [0.717, 1.165) is 51.2 Å². The number of aromatic nitrogens is 4. The summed E-state index contributed by atoms with van der Waals surface area (Å²) in [6.45, 7) is 1.12. The van der Waals surface area contributed by atoms with Crippen molar-refractivity contribution in [2.24, 2.45) is 0 Å². The van der Waals surface area contributed by atoms with E-state index in [1.807, 2.05) is 31.3 Å². The van der Waals surface area contributed by atoms with E-state index in [-0.39, 0.29) is 10.9 Å². The number of aromatic amines is 1. The van der Waals surface area contributed by atoms with Gasteiger partial charge in [0, 0.05) is 39.4 Å². The molecule has 0 unspecified atom stereocenters. The maximum absolute atomic E-state index is 12.8. The number of benzene rings is 1. The zero-order chi connectivity index (χ0) is 27.1. The number of thiazole rings is 1. The number of halogens is 3. The molecule has 0 aliphatic carbocycles. The number of anilines is 2. The highest BCUT2D eigenvalue weighted by molar-refractivity contribution is 7.89. The van der Waals surface area contributed by atoms with Crippen molar-refractivity contribution in [2.45, 2.75) is 30.1 Å². The van der Waals surface area contributed by atoms with Crippen LogP contribution in [0.1, 0.15) is 12.8 Å². The lowest BCUT2D eigenvalue weighted by atomic mass is 10.1. The Bertz CT molecular complexity index is 1530. The van der Waals surface area contributed by atoms with Crippen molar-refractivity contribution in [3.63, 3.8) is 0 Å². The smallest absolute Gasteiger partial charge is 0.406 e. The Kier molecular flexibility index (Phi) is 6.92. The van der Waals surface area contributed by atoms with Crippen LogP contribution in [0, 0.1) is 0 Å². The summed E-state index contributed by atoms with van der Waals surface area (Å²) < 4.78 is 69.1. The minimum Gasteiger partial charge on any atom is -0.406 e. The van der Waals surface area contributed by atoms with Crippen LogP contribution in [0.3, 0.4) is 0 Å². The molecule has 2 N–H and O–H groups in total. The first-order valence-electron chi connectivity index (χ1n) is 11.6. The predicted molar refractivity (Wildman–Crippen MR) is 138 cm³/mol. The summed E-state index contributed by atoms with van der Waals surface area (Å²) in [5, 5.41) is 1.75. The molecular formula is C23H24F3N7O3S2. The maximum Gasteiger partial charge on any atom is 0.573 e. The summed E-state index contributed by atoms with van der Waals surface area (Å²) in [6, 6.07) is 5.80. The first kappa shape index (κ1) is 26.2. The number of H-pyrrole nitrogens is 1. The molecule has 1 aliphatic rings. The number of nitrogens with zero attached hydrogens (tertiary/aromatic N) is 5. The Hall–Kier alpha value is -3.43. The molecule has 0 saturated carbocycles. The Morgan fingerprint density at radius 1 is 1.13 bits per heavy atom. The normalized spacial score (nSPS) is 15.2. The van der Waals surface area contributed by atoms with Crippen molar-refractivity contribution in [3.05, 3.63) is 42.9 Å². The van der Waals surface area contributed by atoms with Crippen molar-refractivity contribution >= 4 is 43.3 Å². The van der Waals surface area contributed by atoms with Crippen molar-refractivity contribution in [2.75, 3.05) is 37.0 Å². The molecule has 0 atom stereocenters. The van der Waals surface area contributed by atoms with Crippen LogP contribution < -0.4 is 19.3 Å². The highest BCUT2D eigenvalue weighted by Gasteiger charge is 2.31. The lowest BCUT2D eigenvalue weighted by molar-refractivity contribution is -0.274. The number of nitrogens with one attached hydrogen (secondary N) is 2. The van der Waals surface area contributed by atoms with Crippen LogP contribution in [0.15, 0.2) is 47.8 Å². The maximum atomic E-state index is 12.8. The third-order valence-electron chi connectivity index (χ3n) is 6.03. The van der Waals surface area contributed by atoms with Crippen molar-refractivity contribution in [1.82, 2.24) is 24.7 Å². The molecule has 5 rings (SSSR count). The van der Waals surface area contributed by atoms with Crippen LogP contribution in [0.4, 0.5) is 24.1 Å². The first-order valence-corrected chi connectivity index (χ1v) is 13.9. The SMILES string of the molecule is CN(C)c1ncc(-c2cc3c(N4CCC(NS(=O)(=O)c5ccc(OC(F)(F)F)cc5)CC4)ncnc3[nH]2)s1. The van der Waals surface area contributed by atoms with Gasteiger partial charge < -0.3 is 19.5 Å². The summed E-state index contributed by atoms with van der Waals surface area (Å²) in [6.07, 6.45) is -0.486. The number of fused-ring (bicyclic) bond motifs is 1. The molecule has 202 valence electrons. The number of hydrogen-bond donors (Lipinski definition) is 2. The molecule has 0 amide bonds. The van der Waals surface area contributed by atoms with Gasteiger partial charge >= 0.3 is 6.36 Å². The molecule has 1 saturated heterocycles. The molecule has 0 radical (unpaired) electrons. The van der Waals surface area contributed by atoms with Crippen LogP contribution in [0.25, 0.3) is 21.6 Å². The number of alkyl halides is 3. The monoisotopic (exact) mass is 567 g/mol. The molecule has 0 spiro atoms. The summed E-state index contributed by atoms with van der Waals surface area (Å²) in [5.74, 6) is 0.277. The fourth-order valence-electron chi connectivity index (χ4n) is 4.22. The largest absolute Gasteiger partial charge is 0.573 e. The summed E-state index contributed by atoms with van der Waals surface area (Å²) in [4.78, 5) is 21.5. The van der Waals surface area contributed by atoms with E-state index in [4.69, 9.17) is 0 Å². The summed E-state index contributed by atoms with van der Waals surface area (Å²) in [5.41, 5.74) is 1.59. The fourth-order valence-corrected chi connectivity index (χ4v) is 6.34. The van der Waals surface area contributed by atoms with Gasteiger partial charge in [0.05, 0.1) is 20.9 Å². The van der Waals surface area contributed by atoms with Crippen molar-refractivity contribution < 1.29 is 26.3 Å². The van der Waals surface area contributed by atoms with E-state index < -0.39 is 22.1 Å². The molecule has 38 heavy (non-hydrogen) atoms. The van der Waals surface area contributed by atoms with Gasteiger partial charge in [0.1, 0.15) is 23.5 Å². The van der Waals surface area contributed by atoms with Crippen molar-refractivity contribution in [1.29, 1.82) is 0 Å². The van der Waals surface area contributed by atoms with Gasteiger partial charge in [-0.25, -0.2) is 28.1 Å². The van der Waals surface area contributed by atoms with Gasteiger partial charge in [-0.1, -0.05) is 11.3 Å². The van der Waals surface area contributed by atoms with Gasteiger partial charge in [-0.2, -0.15) is 0 Å². The number of ether oxygens (including phenoxy) is 1. The van der Waals surface area contributed by atoms with E-state index in [1.165, 1.54) is 6.33 Å². The van der Waals surface area contributed by atoms with E-state index in [9.17, 15) is 21.6 Å². The van der Waals surface area contributed by atoms with Gasteiger partial charge in [0.2, 0.25) is 10.0 Å². The Labute approximate surface area is 220 Å². The summed E-state index contributed by atoms with van der Waals surface area (Å²) >= 11 is 1.56. The van der Waals surface area contributed by atoms with E-state index in [0.29, 0.717) is 31.6 Å². The van der Waals surface area contributed by atoms with Gasteiger partial charge in [-0.3, -0.25) is 0 Å². The number of rotatable bonds is 7. The molecule has 15 heteroatoms. The molecular weight excluding hydrogens is 543 g/mol. The standard InChI is InChI=1S/C23H24F3N7O3S2/c1-32(2)22-27-12-19(37-22)18-11-17-20(30-18)28-13-29-21(17)33-9-7-14(8-10-33)31-38(34,35)16-5-3-15(4-6-16)36-23(24,25)26/h3-6,11-14,31H,7-10H2,1-2H3,(H,28,29,30). The van der Waals surface area contributed by atoms with E-state index in [1.54, 1.807) is 11.3 Å². The lowest BCUT2D eigenvalue weighted by Gasteiger charge is -2.33. The average molecular weight is 568 g/mol. The van der Waals surface area contributed by atoms with Crippen molar-refractivity contribution in [3.8, 4) is 16.3 Å². The minimum absolute atomic E-state index is 0.132. The third-order valence-corrected chi connectivity index (χ3v) is 8.76. The second-order valence-corrected chi connectivity index (χ2v) is 11.7. The lowest BCUT2D eigenvalue weighted by Crippen LogP contribution is -2.44. The average Bonchev–Trinajstić information content (AvgIpc) is 3.51. The Morgan fingerprint density at radius 2 is 1.84 bits per heavy atom. The molecule has 4 heterocycles. The molecule has 3 aromatic heterocycles. The van der Waals surface area contributed by atoms with E-state index in [2.05, 4.69) is 34.3 Å². The number of hydrogen-bond acceptors (Lipinski definition) is 9. The molecule has 1 aromatic carbocycles. The Balaban J connectivity index is 1.25. The zero-order valence-corrected chi connectivity index (χ0v) is 22.0. The number of piperidine rings is 1. The van der Waals surface area contributed by atoms with Crippen LogP contribution in [0.2, 0.25) is 0 Å². The van der Waals surface area contributed by atoms with Crippen LogP contribution in [-0.4, -0.2) is 67.9 Å². The van der Waals surface area contributed by atoms with Gasteiger partial charge in [-0.05, 0) is 43.2 Å². The third kappa shape index (κ3) is 5.68. The molecule has 10 nitrogen and oxygen atoms in total. The quantitative estimate of drug-likeness (QED) is 0.345. The molecule has 1 aliphatic heterocycles. The fraction of sp³-hybridized carbons (Fsp3) is 0.348. The van der Waals surface area contributed by atoms with Crippen LogP contribution in [0.5, 0.6) is 5.75 Å². The van der Waals surface area contributed by atoms with Gasteiger partial charge in [0.15, 0.2) is 5.13 Å².